The highest BCUT2D eigenvalue weighted by Crippen LogP contribution is 2.22. The Balaban J connectivity index is 2.53. The highest BCUT2D eigenvalue weighted by atomic mass is 79.9. The fourth-order valence-corrected chi connectivity index (χ4v) is 3.10. The van der Waals surface area contributed by atoms with Crippen LogP contribution in [0.4, 0.5) is 5.69 Å². The van der Waals surface area contributed by atoms with E-state index >= 15 is 0 Å². The second-order valence-electron chi connectivity index (χ2n) is 3.79. The Morgan fingerprint density at radius 2 is 2.06 bits per heavy atom. The van der Waals surface area contributed by atoms with E-state index in [4.69, 9.17) is 5.73 Å². The summed E-state index contributed by atoms with van der Waals surface area (Å²) in [5.74, 6) is 0.714. The molecule has 0 aromatic heterocycles. The number of anilines is 1. The number of hydrogen-bond acceptors (Lipinski definition) is 2. The molecule has 0 heterocycles. The third kappa shape index (κ3) is 4.26. The largest absolute Gasteiger partial charge is 0.398 e. The second-order valence-corrected chi connectivity index (χ2v) is 6.25. The van der Waals surface area contributed by atoms with E-state index in [1.165, 1.54) is 12.8 Å². The molecule has 0 saturated heterocycles. The smallest absolute Gasteiger partial charge is 0.0618 e. The lowest BCUT2D eigenvalue weighted by Gasteiger charge is -2.06. The molecule has 0 saturated carbocycles. The summed E-state index contributed by atoms with van der Waals surface area (Å²) < 4.78 is 12.9. The van der Waals surface area contributed by atoms with Crippen LogP contribution in [0.1, 0.15) is 32.6 Å². The quantitative estimate of drug-likeness (QED) is 0.643. The lowest BCUT2D eigenvalue weighted by Crippen LogP contribution is -2.02. The third-order valence-electron chi connectivity index (χ3n) is 2.40. The summed E-state index contributed by atoms with van der Waals surface area (Å²) in [4.78, 5) is 0.764. The predicted octanol–water partition coefficient (Wildman–Crippen LogP) is 3.72. The third-order valence-corrected chi connectivity index (χ3v) is 4.42. The fourth-order valence-electron chi connectivity index (χ4n) is 1.50. The minimum Gasteiger partial charge on any atom is -0.398 e. The number of nitrogens with two attached hydrogens (primary N) is 1. The van der Waals surface area contributed by atoms with Crippen molar-refractivity contribution in [2.45, 2.75) is 37.5 Å². The van der Waals surface area contributed by atoms with Gasteiger partial charge in [0, 0.05) is 15.9 Å². The van der Waals surface area contributed by atoms with Crippen molar-refractivity contribution in [1.29, 1.82) is 0 Å². The first-order valence-electron chi connectivity index (χ1n) is 5.58. The first-order chi connectivity index (χ1) is 7.65. The Bertz CT molecular complexity index is 368. The molecule has 2 nitrogen and oxygen atoms in total. The number of halogens is 1. The molecule has 1 aromatic rings. The van der Waals surface area contributed by atoms with Crippen LogP contribution in [0, 0.1) is 0 Å². The SMILES string of the molecule is CCCCCCS(=O)c1ccc(Br)cc1N. The minimum atomic E-state index is -0.953. The monoisotopic (exact) mass is 303 g/mol. The molecule has 1 unspecified atom stereocenters. The van der Waals surface area contributed by atoms with Crippen molar-refractivity contribution in [3.63, 3.8) is 0 Å². The maximum absolute atomic E-state index is 12.0. The first-order valence-corrected chi connectivity index (χ1v) is 7.69. The topological polar surface area (TPSA) is 43.1 Å². The van der Waals surface area contributed by atoms with E-state index in [1.54, 1.807) is 6.07 Å². The van der Waals surface area contributed by atoms with Crippen LogP contribution in [0.3, 0.4) is 0 Å². The Kier molecular flexibility index (Phi) is 6.06. The zero-order valence-electron chi connectivity index (χ0n) is 9.54. The molecule has 0 aliphatic rings. The van der Waals surface area contributed by atoms with Crippen molar-refractivity contribution < 1.29 is 4.21 Å². The van der Waals surface area contributed by atoms with Crippen molar-refractivity contribution in [2.24, 2.45) is 0 Å². The van der Waals surface area contributed by atoms with Crippen LogP contribution < -0.4 is 5.73 Å². The van der Waals surface area contributed by atoms with Crippen LogP contribution in [0.25, 0.3) is 0 Å². The Labute approximate surface area is 108 Å². The molecule has 1 atom stereocenters. The zero-order chi connectivity index (χ0) is 12.0. The second kappa shape index (κ2) is 7.07. The van der Waals surface area contributed by atoms with Crippen molar-refractivity contribution in [3.05, 3.63) is 22.7 Å². The van der Waals surface area contributed by atoms with Gasteiger partial charge in [0.2, 0.25) is 0 Å². The lowest BCUT2D eigenvalue weighted by molar-refractivity contribution is 0.668. The predicted molar refractivity (Wildman–Crippen MR) is 74.0 cm³/mol. The molecule has 0 fully saturated rings. The van der Waals surface area contributed by atoms with Gasteiger partial charge in [0.25, 0.3) is 0 Å². The van der Waals surface area contributed by atoms with Crippen LogP contribution in [-0.4, -0.2) is 9.96 Å². The van der Waals surface area contributed by atoms with E-state index in [9.17, 15) is 4.21 Å². The van der Waals surface area contributed by atoms with Crippen molar-refractivity contribution in [1.82, 2.24) is 0 Å². The fraction of sp³-hybridized carbons (Fsp3) is 0.500. The van der Waals surface area contributed by atoms with Crippen LogP contribution in [0.15, 0.2) is 27.6 Å². The van der Waals surface area contributed by atoms with E-state index in [-0.39, 0.29) is 0 Å². The number of hydrogen-bond donors (Lipinski definition) is 1. The van der Waals surface area contributed by atoms with Gasteiger partial charge in [-0.3, -0.25) is 4.21 Å². The molecule has 0 radical (unpaired) electrons. The van der Waals surface area contributed by atoms with Crippen LogP contribution in [0.5, 0.6) is 0 Å². The standard InChI is InChI=1S/C12H18BrNOS/c1-2-3-4-5-8-16(15)12-7-6-10(13)9-11(12)14/h6-7,9H,2-5,8,14H2,1H3. The summed E-state index contributed by atoms with van der Waals surface area (Å²) in [5.41, 5.74) is 6.44. The van der Waals surface area contributed by atoms with Crippen molar-refractivity contribution in [2.75, 3.05) is 11.5 Å². The number of rotatable bonds is 6. The van der Waals surface area contributed by atoms with Crippen LogP contribution >= 0.6 is 15.9 Å². The maximum Gasteiger partial charge on any atom is 0.0618 e. The highest BCUT2D eigenvalue weighted by Gasteiger charge is 2.07. The summed E-state index contributed by atoms with van der Waals surface area (Å²) in [7, 11) is -0.953. The van der Waals surface area contributed by atoms with Gasteiger partial charge in [0.15, 0.2) is 0 Å². The van der Waals surface area contributed by atoms with Gasteiger partial charge in [-0.1, -0.05) is 42.1 Å². The molecular weight excluding hydrogens is 286 g/mol. The van der Waals surface area contributed by atoms with Crippen LogP contribution in [0.2, 0.25) is 0 Å². The molecule has 0 bridgehead atoms. The van der Waals surface area contributed by atoms with Gasteiger partial charge < -0.3 is 5.73 Å². The first kappa shape index (κ1) is 13.7. The number of nitrogen functional groups attached to an aromatic ring is 1. The molecule has 0 aliphatic carbocycles. The summed E-state index contributed by atoms with van der Waals surface area (Å²) in [6.07, 6.45) is 4.58. The summed E-state index contributed by atoms with van der Waals surface area (Å²) >= 11 is 3.34. The summed E-state index contributed by atoms with van der Waals surface area (Å²) in [6, 6.07) is 5.53. The Morgan fingerprint density at radius 3 is 2.69 bits per heavy atom. The van der Waals surface area contributed by atoms with E-state index in [1.807, 2.05) is 12.1 Å². The molecule has 0 amide bonds. The molecule has 16 heavy (non-hydrogen) atoms. The van der Waals surface area contributed by atoms with Gasteiger partial charge in [0.1, 0.15) is 0 Å². The van der Waals surface area contributed by atoms with E-state index in [0.717, 1.165) is 22.2 Å². The lowest BCUT2D eigenvalue weighted by atomic mass is 10.2. The van der Waals surface area contributed by atoms with Gasteiger partial charge in [-0.15, -0.1) is 0 Å². The normalized spacial score (nSPS) is 12.6. The number of unbranched alkanes of at least 4 members (excludes halogenated alkanes) is 3. The number of benzene rings is 1. The molecule has 2 N–H and O–H groups in total. The minimum absolute atomic E-state index is 0.614. The molecule has 4 heteroatoms. The average Bonchev–Trinajstić information content (AvgIpc) is 2.24. The Hall–Kier alpha value is -0.350. The van der Waals surface area contributed by atoms with Gasteiger partial charge in [-0.05, 0) is 24.6 Å². The van der Waals surface area contributed by atoms with Gasteiger partial charge in [-0.2, -0.15) is 0 Å². The molecule has 90 valence electrons. The summed E-state index contributed by atoms with van der Waals surface area (Å²) in [5, 5.41) is 0. The van der Waals surface area contributed by atoms with Gasteiger partial charge in [-0.25, -0.2) is 0 Å². The average molecular weight is 304 g/mol. The summed E-state index contributed by atoms with van der Waals surface area (Å²) in [6.45, 7) is 2.17. The molecule has 0 aliphatic heterocycles. The molecular formula is C12H18BrNOS. The van der Waals surface area contributed by atoms with E-state index < -0.39 is 10.8 Å². The Morgan fingerprint density at radius 1 is 1.31 bits per heavy atom. The maximum atomic E-state index is 12.0. The van der Waals surface area contributed by atoms with E-state index in [0.29, 0.717) is 11.4 Å². The van der Waals surface area contributed by atoms with Crippen molar-refractivity contribution >= 4 is 32.4 Å². The molecule has 0 spiro atoms. The van der Waals surface area contributed by atoms with E-state index in [2.05, 4.69) is 22.9 Å². The molecule has 1 rings (SSSR count). The van der Waals surface area contributed by atoms with Crippen LogP contribution in [-0.2, 0) is 10.8 Å². The van der Waals surface area contributed by atoms with Crippen molar-refractivity contribution in [3.8, 4) is 0 Å². The zero-order valence-corrected chi connectivity index (χ0v) is 11.9. The highest BCUT2D eigenvalue weighted by molar-refractivity contribution is 9.10. The van der Waals surface area contributed by atoms with Gasteiger partial charge in [0.05, 0.1) is 15.7 Å². The van der Waals surface area contributed by atoms with Gasteiger partial charge >= 0.3 is 0 Å². The molecule has 1 aromatic carbocycles.